The molecular formula is C23H23F2N7O4. The maximum atomic E-state index is 15.7. The van der Waals surface area contributed by atoms with E-state index < -0.39 is 29.7 Å². The van der Waals surface area contributed by atoms with Gasteiger partial charge in [0.1, 0.15) is 17.3 Å². The average Bonchev–Trinajstić information content (AvgIpc) is 3.53. The van der Waals surface area contributed by atoms with Gasteiger partial charge in [0.15, 0.2) is 5.82 Å². The number of nitriles is 1. The van der Waals surface area contributed by atoms with Crippen LogP contribution >= 0.6 is 0 Å². The van der Waals surface area contributed by atoms with Crippen LogP contribution in [-0.2, 0) is 16.8 Å². The van der Waals surface area contributed by atoms with Gasteiger partial charge in [-0.05, 0) is 18.6 Å². The molecule has 0 bridgehead atoms. The minimum Gasteiger partial charge on any atom is -0.472 e. The number of carbonyl (C=O) groups excluding carboxylic acids is 2. The highest BCUT2D eigenvalue weighted by Crippen LogP contribution is 2.37. The molecule has 3 N–H and O–H groups in total. The van der Waals surface area contributed by atoms with Crippen molar-refractivity contribution in [3.05, 3.63) is 54.0 Å². The fraction of sp³-hybridized carbons (Fsp3) is 0.348. The number of anilines is 1. The van der Waals surface area contributed by atoms with Crippen LogP contribution in [0.25, 0.3) is 11.3 Å². The van der Waals surface area contributed by atoms with Crippen molar-refractivity contribution in [2.45, 2.75) is 31.1 Å². The summed E-state index contributed by atoms with van der Waals surface area (Å²) in [5.74, 6) is -1.77. The van der Waals surface area contributed by atoms with Crippen molar-refractivity contribution in [2.75, 3.05) is 25.5 Å². The Bertz CT molecular complexity index is 1300. The molecule has 1 fully saturated rings. The van der Waals surface area contributed by atoms with Crippen LogP contribution in [0.5, 0.6) is 0 Å². The van der Waals surface area contributed by atoms with Crippen molar-refractivity contribution in [3.8, 4) is 17.3 Å². The van der Waals surface area contributed by atoms with Crippen LogP contribution in [0.4, 0.5) is 19.4 Å². The number of rotatable bonds is 7. The third-order valence-electron chi connectivity index (χ3n) is 6.23. The summed E-state index contributed by atoms with van der Waals surface area (Å²) in [6.45, 7) is 0.279. The number of ether oxygens (including phenoxy) is 1. The smallest absolute Gasteiger partial charge is 0.412 e. The van der Waals surface area contributed by atoms with Crippen LogP contribution in [-0.4, -0.2) is 58.0 Å². The fourth-order valence-corrected chi connectivity index (χ4v) is 4.23. The molecule has 188 valence electrons. The first-order chi connectivity index (χ1) is 17.3. The number of furan rings is 1. The third-order valence-corrected chi connectivity index (χ3v) is 6.23. The number of likely N-dealkylation sites (tertiary alicyclic amines) is 1. The van der Waals surface area contributed by atoms with Gasteiger partial charge in [0, 0.05) is 37.0 Å². The van der Waals surface area contributed by atoms with Crippen molar-refractivity contribution >= 4 is 17.8 Å². The van der Waals surface area contributed by atoms with Crippen LogP contribution in [0.1, 0.15) is 28.8 Å². The molecule has 1 saturated heterocycles. The molecule has 2 unspecified atom stereocenters. The minimum absolute atomic E-state index is 0.105. The molecule has 3 aromatic rings. The number of hydrogen-bond donors (Lipinski definition) is 2. The second-order valence-electron chi connectivity index (χ2n) is 8.37. The first kappa shape index (κ1) is 24.8. The van der Waals surface area contributed by atoms with Gasteiger partial charge in [0.25, 0.3) is 5.91 Å². The van der Waals surface area contributed by atoms with E-state index in [2.05, 4.69) is 20.1 Å². The van der Waals surface area contributed by atoms with Crippen LogP contribution < -0.4 is 11.1 Å². The van der Waals surface area contributed by atoms with Crippen LogP contribution in [0.2, 0.25) is 0 Å². The summed E-state index contributed by atoms with van der Waals surface area (Å²) in [7, 11) is 1.13. The lowest BCUT2D eigenvalue weighted by atomic mass is 9.83. The molecule has 0 aromatic carbocycles. The lowest BCUT2D eigenvalue weighted by Gasteiger charge is -2.43. The number of primary amides is 1. The summed E-state index contributed by atoms with van der Waals surface area (Å²) in [5.41, 5.74) is 5.16. The lowest BCUT2D eigenvalue weighted by Crippen LogP contribution is -2.54. The second kappa shape index (κ2) is 10.1. The number of alkyl halides is 1. The molecule has 0 spiro atoms. The molecule has 2 amide bonds. The molecule has 0 aliphatic carbocycles. The summed E-state index contributed by atoms with van der Waals surface area (Å²) >= 11 is 0. The number of halogens is 2. The molecule has 13 heteroatoms. The predicted molar refractivity (Wildman–Crippen MR) is 122 cm³/mol. The van der Waals surface area contributed by atoms with E-state index in [0.29, 0.717) is 23.4 Å². The van der Waals surface area contributed by atoms with Crippen molar-refractivity contribution in [2.24, 2.45) is 5.73 Å². The van der Waals surface area contributed by atoms with Gasteiger partial charge in [0.2, 0.25) is 5.95 Å². The minimum atomic E-state index is -1.61. The highest BCUT2D eigenvalue weighted by molar-refractivity contribution is 6.00. The number of nitrogens with zero attached hydrogens (tertiary/aromatic N) is 5. The van der Waals surface area contributed by atoms with Crippen molar-refractivity contribution in [1.82, 2.24) is 19.7 Å². The summed E-state index contributed by atoms with van der Waals surface area (Å²) in [6, 6.07) is 6.90. The van der Waals surface area contributed by atoms with Gasteiger partial charge in [-0.15, -0.1) is 0 Å². The third kappa shape index (κ3) is 4.76. The first-order valence-electron chi connectivity index (χ1n) is 10.9. The zero-order valence-corrected chi connectivity index (χ0v) is 19.3. The first-order valence-corrected chi connectivity index (χ1v) is 10.9. The van der Waals surface area contributed by atoms with Crippen LogP contribution in [0, 0.1) is 17.3 Å². The van der Waals surface area contributed by atoms with E-state index in [-0.39, 0.29) is 37.3 Å². The maximum Gasteiger partial charge on any atom is 0.412 e. The van der Waals surface area contributed by atoms with Crippen LogP contribution in [0.3, 0.4) is 0 Å². The monoisotopic (exact) mass is 499 g/mol. The number of hydrogen-bond acceptors (Lipinski definition) is 8. The van der Waals surface area contributed by atoms with Crippen LogP contribution in [0.15, 0.2) is 41.3 Å². The Morgan fingerprint density at radius 1 is 1.42 bits per heavy atom. The number of pyridine rings is 1. The van der Waals surface area contributed by atoms with E-state index >= 15 is 4.39 Å². The SMILES string of the molecule is COC(=O)Nc1nn(C2(CC#N)CCN(Cc3ccc(-c4ccoc4)nc3F)CC2F)cc1C(N)=O. The van der Waals surface area contributed by atoms with Crippen molar-refractivity contribution in [1.29, 1.82) is 5.26 Å². The number of methoxy groups -OCH3 is 1. The Morgan fingerprint density at radius 3 is 2.83 bits per heavy atom. The molecule has 1 aliphatic rings. The normalized spacial score (nSPS) is 20.0. The Hall–Kier alpha value is -4.31. The molecule has 2 atom stereocenters. The van der Waals surface area contributed by atoms with E-state index in [1.54, 1.807) is 23.1 Å². The number of nitrogens with two attached hydrogens (primary N) is 1. The number of amides is 2. The van der Waals surface area contributed by atoms with Crippen molar-refractivity contribution in [3.63, 3.8) is 0 Å². The number of aromatic nitrogens is 3. The van der Waals surface area contributed by atoms with Gasteiger partial charge in [-0.1, -0.05) is 6.07 Å². The van der Waals surface area contributed by atoms with E-state index in [1.807, 2.05) is 6.07 Å². The summed E-state index contributed by atoms with van der Waals surface area (Å²) < 4.78 is 41.1. The maximum absolute atomic E-state index is 15.7. The molecule has 11 nitrogen and oxygen atoms in total. The van der Waals surface area contributed by atoms with Crippen molar-refractivity contribution < 1.29 is 27.5 Å². The van der Waals surface area contributed by atoms with E-state index in [4.69, 9.17) is 10.2 Å². The molecule has 4 rings (SSSR count). The zero-order chi connectivity index (χ0) is 25.9. The number of nitrogens with one attached hydrogen (secondary N) is 1. The van der Waals surface area contributed by atoms with Gasteiger partial charge in [0.05, 0.1) is 37.8 Å². The van der Waals surface area contributed by atoms with Gasteiger partial charge in [-0.2, -0.15) is 14.8 Å². The number of carbonyl (C=O) groups is 2. The Morgan fingerprint density at radius 2 is 2.22 bits per heavy atom. The lowest BCUT2D eigenvalue weighted by molar-refractivity contribution is 0.00652. The Kier molecular flexibility index (Phi) is 6.98. The molecule has 1 aliphatic heterocycles. The predicted octanol–water partition coefficient (Wildman–Crippen LogP) is 2.81. The summed E-state index contributed by atoms with van der Waals surface area (Å²) in [6.07, 6.45) is 1.50. The standard InChI is InChI=1S/C23H23F2N7O4/c1-35-22(34)29-21-16(20(27)33)11-32(30-21)23(5-7-26)6-8-31(12-18(23)24)10-14-2-3-17(28-19(14)25)15-4-9-36-13-15/h2-4,9,11,13,18H,5-6,8,10,12H2,1H3,(H2,27,33)(H,29,30,34). The summed E-state index contributed by atoms with van der Waals surface area (Å²) in [4.78, 5) is 29.2. The van der Waals surface area contributed by atoms with Gasteiger partial charge in [-0.25, -0.2) is 14.2 Å². The topological polar surface area (TPSA) is 152 Å². The largest absolute Gasteiger partial charge is 0.472 e. The van der Waals surface area contributed by atoms with Gasteiger partial charge >= 0.3 is 6.09 Å². The highest BCUT2D eigenvalue weighted by Gasteiger charge is 2.46. The molecule has 4 heterocycles. The quantitative estimate of drug-likeness (QED) is 0.471. The highest BCUT2D eigenvalue weighted by atomic mass is 19.1. The average molecular weight is 499 g/mol. The molecular weight excluding hydrogens is 476 g/mol. The van der Waals surface area contributed by atoms with E-state index in [9.17, 15) is 19.2 Å². The van der Waals surface area contributed by atoms with E-state index in [1.165, 1.54) is 23.4 Å². The number of piperidine rings is 1. The Labute approximate surface area is 204 Å². The molecule has 0 saturated carbocycles. The summed E-state index contributed by atoms with van der Waals surface area (Å²) in [5, 5.41) is 15.9. The van der Waals surface area contributed by atoms with Gasteiger partial charge < -0.3 is 14.9 Å². The molecule has 3 aromatic heterocycles. The zero-order valence-electron chi connectivity index (χ0n) is 19.3. The van der Waals surface area contributed by atoms with Gasteiger partial charge in [-0.3, -0.25) is 19.7 Å². The molecule has 36 heavy (non-hydrogen) atoms. The second-order valence-corrected chi connectivity index (χ2v) is 8.37. The Balaban J connectivity index is 1.55. The van der Waals surface area contributed by atoms with E-state index in [0.717, 1.165) is 7.11 Å². The fourth-order valence-electron chi connectivity index (χ4n) is 4.23. The molecule has 0 radical (unpaired) electrons.